The van der Waals surface area contributed by atoms with Gasteiger partial charge in [0.2, 0.25) is 5.91 Å². The standard InChI is InChI=1S/C19H23F3N2O2/c20-19(21,22)26-17-4-2-1-3-14(17)15-9-16(15)18(25)24-7-5-12-10-23-11-13(12)6-8-24/h1-4,12-13,15-16,23H,5-11H2/t12-,13+,15?,16?. The van der Waals surface area contributed by atoms with Gasteiger partial charge in [0.25, 0.3) is 0 Å². The number of halogens is 3. The molecule has 1 aromatic rings. The van der Waals surface area contributed by atoms with Crippen LogP contribution in [0.15, 0.2) is 24.3 Å². The van der Waals surface area contributed by atoms with Crippen molar-refractivity contribution in [3.05, 3.63) is 29.8 Å². The van der Waals surface area contributed by atoms with Crippen LogP contribution in [0.2, 0.25) is 0 Å². The molecule has 26 heavy (non-hydrogen) atoms. The average molecular weight is 368 g/mol. The van der Waals surface area contributed by atoms with Crippen molar-refractivity contribution in [2.75, 3.05) is 26.2 Å². The number of hydrogen-bond donors (Lipinski definition) is 1. The molecule has 1 aromatic carbocycles. The van der Waals surface area contributed by atoms with Gasteiger partial charge in [0.1, 0.15) is 5.75 Å². The number of alkyl halides is 3. The van der Waals surface area contributed by atoms with Crippen LogP contribution in [0.3, 0.4) is 0 Å². The summed E-state index contributed by atoms with van der Waals surface area (Å²) in [6.07, 6.45) is -2.10. The van der Waals surface area contributed by atoms with Crippen LogP contribution in [0, 0.1) is 17.8 Å². The van der Waals surface area contributed by atoms with Gasteiger partial charge in [-0.1, -0.05) is 18.2 Å². The van der Waals surface area contributed by atoms with Crippen molar-refractivity contribution in [1.82, 2.24) is 10.2 Å². The molecule has 0 bridgehead atoms. The van der Waals surface area contributed by atoms with Crippen molar-refractivity contribution in [2.45, 2.75) is 31.5 Å². The van der Waals surface area contributed by atoms with E-state index in [1.165, 1.54) is 12.1 Å². The smallest absolute Gasteiger partial charge is 0.405 e. The van der Waals surface area contributed by atoms with Gasteiger partial charge >= 0.3 is 6.36 Å². The van der Waals surface area contributed by atoms with Gasteiger partial charge in [0, 0.05) is 19.0 Å². The predicted octanol–water partition coefficient (Wildman–Crippen LogP) is 3.15. The fourth-order valence-electron chi connectivity index (χ4n) is 4.49. The third-order valence-corrected chi connectivity index (χ3v) is 5.98. The molecular weight excluding hydrogens is 345 g/mol. The monoisotopic (exact) mass is 368 g/mol. The normalized spacial score (nSPS) is 31.3. The molecule has 3 aliphatic rings. The van der Waals surface area contributed by atoms with Crippen molar-refractivity contribution >= 4 is 5.91 Å². The van der Waals surface area contributed by atoms with Crippen LogP contribution in [0.1, 0.15) is 30.7 Å². The highest BCUT2D eigenvalue weighted by Crippen LogP contribution is 2.52. The van der Waals surface area contributed by atoms with Gasteiger partial charge in [-0.25, -0.2) is 0 Å². The van der Waals surface area contributed by atoms with E-state index in [1.807, 2.05) is 4.90 Å². The second-order valence-electron chi connectivity index (χ2n) is 7.62. The maximum absolute atomic E-state index is 12.9. The molecule has 1 N–H and O–H groups in total. The second kappa shape index (κ2) is 6.76. The van der Waals surface area contributed by atoms with E-state index in [9.17, 15) is 18.0 Å². The minimum atomic E-state index is -4.72. The summed E-state index contributed by atoms with van der Waals surface area (Å²) < 4.78 is 42.0. The fraction of sp³-hybridized carbons (Fsp3) is 0.632. The molecule has 142 valence electrons. The molecule has 2 unspecified atom stereocenters. The van der Waals surface area contributed by atoms with Crippen LogP contribution >= 0.6 is 0 Å². The minimum absolute atomic E-state index is 0.0877. The first-order valence-corrected chi connectivity index (χ1v) is 9.26. The second-order valence-corrected chi connectivity index (χ2v) is 7.62. The third kappa shape index (κ3) is 3.68. The zero-order chi connectivity index (χ0) is 18.3. The van der Waals surface area contributed by atoms with Gasteiger partial charge in [-0.15, -0.1) is 13.2 Å². The molecular formula is C19H23F3N2O2. The molecule has 4 rings (SSSR count). The van der Waals surface area contributed by atoms with E-state index in [1.54, 1.807) is 12.1 Å². The highest BCUT2D eigenvalue weighted by atomic mass is 19.4. The molecule has 0 radical (unpaired) electrons. The number of carbonyl (C=O) groups is 1. The van der Waals surface area contributed by atoms with Crippen molar-refractivity contribution in [3.8, 4) is 5.75 Å². The fourth-order valence-corrected chi connectivity index (χ4v) is 4.49. The predicted molar refractivity (Wildman–Crippen MR) is 89.6 cm³/mol. The van der Waals surface area contributed by atoms with E-state index >= 15 is 0 Å². The Hall–Kier alpha value is -1.76. The quantitative estimate of drug-likeness (QED) is 0.891. The van der Waals surface area contributed by atoms with Crippen LogP contribution in [-0.4, -0.2) is 43.3 Å². The maximum atomic E-state index is 12.9. The van der Waals surface area contributed by atoms with Crippen LogP contribution in [-0.2, 0) is 4.79 Å². The molecule has 7 heteroatoms. The van der Waals surface area contributed by atoms with Crippen molar-refractivity contribution < 1.29 is 22.7 Å². The van der Waals surface area contributed by atoms with E-state index in [0.717, 1.165) is 39.0 Å². The molecule has 0 spiro atoms. The molecule has 1 amide bonds. The van der Waals surface area contributed by atoms with Crippen molar-refractivity contribution in [1.29, 1.82) is 0 Å². The maximum Gasteiger partial charge on any atom is 0.573 e. The number of nitrogens with one attached hydrogen (secondary N) is 1. The summed E-state index contributed by atoms with van der Waals surface area (Å²) >= 11 is 0. The van der Waals surface area contributed by atoms with E-state index in [2.05, 4.69) is 10.1 Å². The first-order valence-electron chi connectivity index (χ1n) is 9.26. The van der Waals surface area contributed by atoms with Gasteiger partial charge in [-0.05, 0) is 61.7 Å². The lowest BCUT2D eigenvalue weighted by Crippen LogP contribution is -2.34. The number of carbonyl (C=O) groups excluding carboxylic acids is 1. The van der Waals surface area contributed by atoms with Crippen LogP contribution in [0.25, 0.3) is 0 Å². The Bertz CT molecular complexity index is 665. The summed E-state index contributed by atoms with van der Waals surface area (Å²) in [6.45, 7) is 3.57. The third-order valence-electron chi connectivity index (χ3n) is 5.98. The lowest BCUT2D eigenvalue weighted by atomic mass is 9.92. The van der Waals surface area contributed by atoms with Gasteiger partial charge in [-0.3, -0.25) is 4.79 Å². The lowest BCUT2D eigenvalue weighted by Gasteiger charge is -2.21. The Balaban J connectivity index is 1.41. The molecule has 2 saturated heterocycles. The molecule has 0 aromatic heterocycles. The molecule has 4 atom stereocenters. The first-order chi connectivity index (χ1) is 12.4. The van der Waals surface area contributed by atoms with Gasteiger partial charge in [-0.2, -0.15) is 0 Å². The van der Waals surface area contributed by atoms with Crippen LogP contribution in [0.5, 0.6) is 5.75 Å². The molecule has 2 aliphatic heterocycles. The number of ether oxygens (including phenoxy) is 1. The van der Waals surface area contributed by atoms with E-state index in [0.29, 0.717) is 23.8 Å². The SMILES string of the molecule is O=C(C1CC1c1ccccc1OC(F)(F)F)N1CC[C@@H]2CNC[C@@H]2CC1. The summed E-state index contributed by atoms with van der Waals surface area (Å²) in [6, 6.07) is 6.17. The van der Waals surface area contributed by atoms with E-state index in [-0.39, 0.29) is 23.5 Å². The van der Waals surface area contributed by atoms with E-state index < -0.39 is 6.36 Å². The number of fused-ring (bicyclic) bond motifs is 1. The highest BCUT2D eigenvalue weighted by molar-refractivity contribution is 5.83. The minimum Gasteiger partial charge on any atom is -0.405 e. The average Bonchev–Trinajstić information content (AvgIpc) is 3.30. The summed E-state index contributed by atoms with van der Waals surface area (Å²) in [5.74, 6) is 0.795. The largest absolute Gasteiger partial charge is 0.573 e. The molecule has 1 aliphatic carbocycles. The van der Waals surface area contributed by atoms with Gasteiger partial charge < -0.3 is 15.0 Å². The summed E-state index contributed by atoms with van der Waals surface area (Å²) in [5, 5.41) is 3.42. The van der Waals surface area contributed by atoms with Crippen LogP contribution in [0.4, 0.5) is 13.2 Å². The number of amides is 1. The molecule has 4 nitrogen and oxygen atoms in total. The molecule has 3 fully saturated rings. The number of likely N-dealkylation sites (tertiary alicyclic amines) is 1. The van der Waals surface area contributed by atoms with Crippen molar-refractivity contribution in [2.24, 2.45) is 17.8 Å². The summed E-state index contributed by atoms with van der Waals surface area (Å²) in [7, 11) is 0. The van der Waals surface area contributed by atoms with E-state index in [4.69, 9.17) is 0 Å². The van der Waals surface area contributed by atoms with Gasteiger partial charge in [0.05, 0.1) is 0 Å². The Morgan fingerprint density at radius 1 is 1.12 bits per heavy atom. The number of rotatable bonds is 3. The van der Waals surface area contributed by atoms with Crippen LogP contribution < -0.4 is 10.1 Å². The molecule has 2 heterocycles. The zero-order valence-electron chi connectivity index (χ0n) is 14.5. The number of nitrogens with zero attached hydrogens (tertiary/aromatic N) is 1. The Kier molecular flexibility index (Phi) is 4.59. The Morgan fingerprint density at radius 3 is 2.42 bits per heavy atom. The number of hydrogen-bond acceptors (Lipinski definition) is 3. The van der Waals surface area contributed by atoms with Crippen molar-refractivity contribution in [3.63, 3.8) is 0 Å². The number of para-hydroxylation sites is 1. The highest BCUT2D eigenvalue weighted by Gasteiger charge is 2.48. The lowest BCUT2D eigenvalue weighted by molar-refractivity contribution is -0.274. The Morgan fingerprint density at radius 2 is 1.77 bits per heavy atom. The first kappa shape index (κ1) is 17.6. The zero-order valence-corrected chi connectivity index (χ0v) is 14.5. The molecule has 1 saturated carbocycles. The van der Waals surface area contributed by atoms with Gasteiger partial charge in [0.15, 0.2) is 0 Å². The Labute approximate surface area is 150 Å². The topological polar surface area (TPSA) is 41.6 Å². The summed E-state index contributed by atoms with van der Waals surface area (Å²) in [5.41, 5.74) is 0.485. The number of benzene rings is 1. The summed E-state index contributed by atoms with van der Waals surface area (Å²) in [4.78, 5) is 14.8.